The van der Waals surface area contributed by atoms with E-state index in [-0.39, 0.29) is 5.97 Å². The van der Waals surface area contributed by atoms with E-state index < -0.39 is 0 Å². The Kier molecular flexibility index (Phi) is 2.43. The van der Waals surface area contributed by atoms with Crippen LogP contribution in [0.5, 0.6) is 0 Å². The first-order chi connectivity index (χ1) is 7.24. The van der Waals surface area contributed by atoms with Gasteiger partial charge in [0.25, 0.3) is 0 Å². The highest BCUT2D eigenvalue weighted by Gasteiger charge is 2.07. The zero-order chi connectivity index (χ0) is 10.8. The Balaban J connectivity index is 2.50. The number of nitrogens with two attached hydrogens (primary N) is 1. The Hall–Kier alpha value is -1.81. The van der Waals surface area contributed by atoms with Crippen molar-refractivity contribution in [3.8, 4) is 0 Å². The number of aromatic nitrogens is 1. The monoisotopic (exact) mass is 204 g/mol. The third kappa shape index (κ3) is 1.71. The first-order valence-electron chi connectivity index (χ1n) is 4.64. The van der Waals surface area contributed by atoms with Gasteiger partial charge in [-0.3, -0.25) is 0 Å². The van der Waals surface area contributed by atoms with Gasteiger partial charge in [0.15, 0.2) is 0 Å². The topological polar surface area (TPSA) is 68.1 Å². The van der Waals surface area contributed by atoms with Gasteiger partial charge in [-0.25, -0.2) is 4.79 Å². The minimum absolute atomic E-state index is 0.326. The second-order valence-corrected chi connectivity index (χ2v) is 3.29. The van der Waals surface area contributed by atoms with Crippen molar-refractivity contribution in [3.63, 3.8) is 0 Å². The van der Waals surface area contributed by atoms with Crippen LogP contribution in [0.1, 0.15) is 16.1 Å². The van der Waals surface area contributed by atoms with Crippen LogP contribution < -0.4 is 5.73 Å². The Bertz CT molecular complexity index is 502. The predicted molar refractivity (Wildman–Crippen MR) is 57.5 cm³/mol. The van der Waals surface area contributed by atoms with Gasteiger partial charge >= 0.3 is 5.97 Å². The van der Waals surface area contributed by atoms with E-state index in [1.165, 1.54) is 7.11 Å². The molecule has 0 saturated carbocycles. The molecule has 0 aliphatic carbocycles. The average Bonchev–Trinajstić information content (AvgIpc) is 2.69. The second-order valence-electron chi connectivity index (χ2n) is 3.29. The highest BCUT2D eigenvalue weighted by atomic mass is 16.5. The molecule has 1 heterocycles. The molecule has 0 bridgehead atoms. The molecule has 0 fully saturated rings. The fourth-order valence-electron chi connectivity index (χ4n) is 1.55. The highest BCUT2D eigenvalue weighted by Crippen LogP contribution is 2.17. The molecule has 0 saturated heterocycles. The number of benzene rings is 1. The summed E-state index contributed by atoms with van der Waals surface area (Å²) in [6.45, 7) is 0.461. The maximum Gasteiger partial charge on any atom is 0.337 e. The molecule has 4 heteroatoms. The smallest absolute Gasteiger partial charge is 0.337 e. The Morgan fingerprint density at radius 1 is 1.47 bits per heavy atom. The number of H-pyrrole nitrogens is 1. The van der Waals surface area contributed by atoms with Gasteiger partial charge in [0, 0.05) is 23.1 Å². The van der Waals surface area contributed by atoms with Crippen LogP contribution >= 0.6 is 0 Å². The van der Waals surface area contributed by atoms with Crippen molar-refractivity contribution in [1.29, 1.82) is 0 Å². The van der Waals surface area contributed by atoms with E-state index in [1.807, 2.05) is 12.1 Å². The third-order valence-corrected chi connectivity index (χ3v) is 2.32. The summed E-state index contributed by atoms with van der Waals surface area (Å²) in [5.41, 5.74) is 7.99. The van der Waals surface area contributed by atoms with E-state index in [0.717, 1.165) is 16.6 Å². The van der Waals surface area contributed by atoms with Crippen molar-refractivity contribution < 1.29 is 9.53 Å². The number of carbonyl (C=O) groups excluding carboxylic acids is 1. The molecule has 1 aromatic heterocycles. The summed E-state index contributed by atoms with van der Waals surface area (Å²) >= 11 is 0. The quantitative estimate of drug-likeness (QED) is 0.727. The van der Waals surface area contributed by atoms with Crippen molar-refractivity contribution in [1.82, 2.24) is 4.98 Å². The van der Waals surface area contributed by atoms with Crippen molar-refractivity contribution in [2.45, 2.75) is 6.54 Å². The molecular weight excluding hydrogens is 192 g/mol. The first kappa shape index (κ1) is 9.73. The summed E-state index contributed by atoms with van der Waals surface area (Å²) in [5, 5.41) is 0.971. The summed E-state index contributed by atoms with van der Waals surface area (Å²) < 4.78 is 4.64. The SMILES string of the molecule is COC(=O)c1ccc2[nH]c(CN)cc2c1. The van der Waals surface area contributed by atoms with Crippen LogP contribution in [0.15, 0.2) is 24.3 Å². The van der Waals surface area contributed by atoms with Gasteiger partial charge in [-0.2, -0.15) is 0 Å². The van der Waals surface area contributed by atoms with Gasteiger partial charge < -0.3 is 15.5 Å². The fourth-order valence-corrected chi connectivity index (χ4v) is 1.55. The minimum atomic E-state index is -0.326. The average molecular weight is 204 g/mol. The largest absolute Gasteiger partial charge is 0.465 e. The summed E-state index contributed by atoms with van der Waals surface area (Å²) in [5.74, 6) is -0.326. The summed E-state index contributed by atoms with van der Waals surface area (Å²) in [4.78, 5) is 14.4. The number of aromatic amines is 1. The molecule has 4 nitrogen and oxygen atoms in total. The van der Waals surface area contributed by atoms with Crippen LogP contribution in [0.4, 0.5) is 0 Å². The maximum atomic E-state index is 11.3. The van der Waals surface area contributed by atoms with E-state index in [2.05, 4.69) is 9.72 Å². The van der Waals surface area contributed by atoms with Gasteiger partial charge in [-0.15, -0.1) is 0 Å². The van der Waals surface area contributed by atoms with Crippen LogP contribution in [-0.2, 0) is 11.3 Å². The lowest BCUT2D eigenvalue weighted by atomic mass is 10.1. The number of nitrogens with one attached hydrogen (secondary N) is 1. The molecule has 0 unspecified atom stereocenters. The van der Waals surface area contributed by atoms with E-state index in [0.29, 0.717) is 12.1 Å². The lowest BCUT2D eigenvalue weighted by Crippen LogP contribution is -2.00. The Morgan fingerprint density at radius 2 is 2.27 bits per heavy atom. The fraction of sp³-hybridized carbons (Fsp3) is 0.182. The normalized spacial score (nSPS) is 10.5. The van der Waals surface area contributed by atoms with E-state index in [4.69, 9.17) is 5.73 Å². The molecule has 0 spiro atoms. The number of hydrogen-bond acceptors (Lipinski definition) is 3. The number of carbonyl (C=O) groups is 1. The summed E-state index contributed by atoms with van der Waals surface area (Å²) in [7, 11) is 1.37. The number of hydrogen-bond donors (Lipinski definition) is 2. The molecule has 0 amide bonds. The maximum absolute atomic E-state index is 11.3. The van der Waals surface area contributed by atoms with Crippen LogP contribution in [0.2, 0.25) is 0 Å². The van der Waals surface area contributed by atoms with Crippen LogP contribution in [0.25, 0.3) is 10.9 Å². The lowest BCUT2D eigenvalue weighted by Gasteiger charge is -1.98. The molecule has 0 radical (unpaired) electrons. The number of rotatable bonds is 2. The van der Waals surface area contributed by atoms with E-state index in [1.54, 1.807) is 12.1 Å². The Morgan fingerprint density at radius 3 is 2.93 bits per heavy atom. The van der Waals surface area contributed by atoms with Crippen molar-refractivity contribution in [2.75, 3.05) is 7.11 Å². The van der Waals surface area contributed by atoms with Gasteiger partial charge in [0.1, 0.15) is 0 Å². The predicted octanol–water partition coefficient (Wildman–Crippen LogP) is 1.41. The van der Waals surface area contributed by atoms with Crippen molar-refractivity contribution in [2.24, 2.45) is 5.73 Å². The third-order valence-electron chi connectivity index (χ3n) is 2.32. The molecule has 3 N–H and O–H groups in total. The molecule has 0 atom stereocenters. The van der Waals surface area contributed by atoms with Crippen LogP contribution in [0, 0.1) is 0 Å². The zero-order valence-corrected chi connectivity index (χ0v) is 8.41. The van der Waals surface area contributed by atoms with Crippen LogP contribution in [0.3, 0.4) is 0 Å². The Labute approximate surface area is 87.0 Å². The summed E-state index contributed by atoms with van der Waals surface area (Å²) in [6, 6.07) is 7.30. The van der Waals surface area contributed by atoms with Gasteiger partial charge in [-0.05, 0) is 24.3 Å². The molecule has 2 aromatic rings. The van der Waals surface area contributed by atoms with Gasteiger partial charge in [0.05, 0.1) is 12.7 Å². The standard InChI is InChI=1S/C11H12N2O2/c1-15-11(14)7-2-3-10-8(4-7)5-9(6-12)13-10/h2-5,13H,6,12H2,1H3. The number of ether oxygens (including phenoxy) is 1. The molecule has 15 heavy (non-hydrogen) atoms. The molecule has 78 valence electrons. The van der Waals surface area contributed by atoms with Gasteiger partial charge in [-0.1, -0.05) is 0 Å². The lowest BCUT2D eigenvalue weighted by molar-refractivity contribution is 0.0601. The van der Waals surface area contributed by atoms with E-state index >= 15 is 0 Å². The van der Waals surface area contributed by atoms with Gasteiger partial charge in [0.2, 0.25) is 0 Å². The molecule has 0 aliphatic heterocycles. The summed E-state index contributed by atoms with van der Waals surface area (Å²) in [6.07, 6.45) is 0. The second kappa shape index (κ2) is 3.74. The molecule has 1 aromatic carbocycles. The van der Waals surface area contributed by atoms with Crippen molar-refractivity contribution >= 4 is 16.9 Å². The molecular formula is C11H12N2O2. The number of esters is 1. The van der Waals surface area contributed by atoms with Crippen LogP contribution in [-0.4, -0.2) is 18.1 Å². The minimum Gasteiger partial charge on any atom is -0.465 e. The molecule has 2 rings (SSSR count). The molecule has 0 aliphatic rings. The van der Waals surface area contributed by atoms with Crippen molar-refractivity contribution in [3.05, 3.63) is 35.5 Å². The first-order valence-corrected chi connectivity index (χ1v) is 4.64. The highest BCUT2D eigenvalue weighted by molar-refractivity contribution is 5.94. The van der Waals surface area contributed by atoms with E-state index in [9.17, 15) is 4.79 Å². The number of fused-ring (bicyclic) bond motifs is 1. The zero-order valence-electron chi connectivity index (χ0n) is 8.41. The number of methoxy groups -OCH3 is 1.